The Kier molecular flexibility index (Phi) is 6.85. The second-order valence-corrected chi connectivity index (χ2v) is 1.71. The van der Waals surface area contributed by atoms with Gasteiger partial charge >= 0.3 is 0 Å². The van der Waals surface area contributed by atoms with E-state index in [1.165, 1.54) is 0 Å². The van der Waals surface area contributed by atoms with E-state index in [-0.39, 0.29) is 0 Å². The van der Waals surface area contributed by atoms with Gasteiger partial charge in [0.25, 0.3) is 0 Å². The fourth-order valence-electron chi connectivity index (χ4n) is 0.430. The van der Waals surface area contributed by atoms with Crippen LogP contribution >= 0.6 is 0 Å². The maximum absolute atomic E-state index is 3.98. The molecular weight excluding hydrogens is 112 g/mol. The highest BCUT2D eigenvalue weighted by Crippen LogP contribution is 1.73. The summed E-state index contributed by atoms with van der Waals surface area (Å²) >= 11 is 0. The quantitative estimate of drug-likeness (QED) is 0.444. The standard InChI is InChI=1S/C7H14N2/c1-3-5-9-7-4-6-8-2/h3,5,7-8H,4,6H2,1-2H3/b5-3-,9-7?. The number of nitrogens with one attached hydrogen (secondary N) is 1. The molecule has 9 heavy (non-hydrogen) atoms. The molecule has 0 unspecified atom stereocenters. The van der Waals surface area contributed by atoms with E-state index in [4.69, 9.17) is 0 Å². The van der Waals surface area contributed by atoms with Crippen LogP contribution in [0.4, 0.5) is 0 Å². The van der Waals surface area contributed by atoms with Crippen molar-refractivity contribution < 1.29 is 0 Å². The van der Waals surface area contributed by atoms with Crippen LogP contribution in [0, 0.1) is 0 Å². The van der Waals surface area contributed by atoms with E-state index in [1.807, 2.05) is 26.3 Å². The summed E-state index contributed by atoms with van der Waals surface area (Å²) in [5, 5.41) is 3.03. The monoisotopic (exact) mass is 126 g/mol. The molecule has 0 saturated carbocycles. The highest BCUT2D eigenvalue weighted by atomic mass is 14.8. The first kappa shape index (κ1) is 8.37. The molecule has 2 heteroatoms. The third-order valence-electron chi connectivity index (χ3n) is 0.864. The van der Waals surface area contributed by atoms with Crippen LogP contribution in [0.1, 0.15) is 13.3 Å². The predicted molar refractivity (Wildman–Crippen MR) is 41.8 cm³/mol. The molecule has 2 nitrogen and oxygen atoms in total. The van der Waals surface area contributed by atoms with Crippen molar-refractivity contribution in [2.24, 2.45) is 4.99 Å². The lowest BCUT2D eigenvalue weighted by Crippen LogP contribution is -2.07. The van der Waals surface area contributed by atoms with Gasteiger partial charge in [0.1, 0.15) is 0 Å². The molecule has 0 aromatic carbocycles. The Balaban J connectivity index is 3.04. The van der Waals surface area contributed by atoms with Crippen LogP contribution in [0.2, 0.25) is 0 Å². The highest BCUT2D eigenvalue weighted by molar-refractivity contribution is 5.58. The summed E-state index contributed by atoms with van der Waals surface area (Å²) in [6.45, 7) is 2.95. The number of hydrogen-bond donors (Lipinski definition) is 1. The van der Waals surface area contributed by atoms with Crippen molar-refractivity contribution in [3.63, 3.8) is 0 Å². The maximum atomic E-state index is 3.98. The largest absolute Gasteiger partial charge is 0.319 e. The smallest absolute Gasteiger partial charge is 0.0221 e. The maximum Gasteiger partial charge on any atom is 0.0221 e. The second kappa shape index (κ2) is 7.37. The van der Waals surface area contributed by atoms with Crippen LogP contribution in [0.5, 0.6) is 0 Å². The van der Waals surface area contributed by atoms with Crippen molar-refractivity contribution in [3.8, 4) is 0 Å². The zero-order chi connectivity index (χ0) is 6.95. The van der Waals surface area contributed by atoms with Gasteiger partial charge in [-0.05, 0) is 26.9 Å². The molecule has 0 fully saturated rings. The molecule has 0 aliphatic rings. The van der Waals surface area contributed by atoms with E-state index in [0.29, 0.717) is 0 Å². The Labute approximate surface area is 56.7 Å². The summed E-state index contributed by atoms with van der Waals surface area (Å²) in [6.07, 6.45) is 6.60. The van der Waals surface area contributed by atoms with Crippen molar-refractivity contribution in [3.05, 3.63) is 12.3 Å². The first-order chi connectivity index (χ1) is 4.41. The molecule has 0 spiro atoms. The van der Waals surface area contributed by atoms with E-state index in [9.17, 15) is 0 Å². The Morgan fingerprint density at radius 2 is 2.33 bits per heavy atom. The molecule has 0 atom stereocenters. The minimum absolute atomic E-state index is 1.00. The van der Waals surface area contributed by atoms with Crippen molar-refractivity contribution in [2.45, 2.75) is 13.3 Å². The van der Waals surface area contributed by atoms with Gasteiger partial charge in [-0.25, -0.2) is 0 Å². The van der Waals surface area contributed by atoms with Gasteiger partial charge in [-0.15, -0.1) is 0 Å². The van der Waals surface area contributed by atoms with Crippen LogP contribution in [-0.2, 0) is 0 Å². The van der Waals surface area contributed by atoms with Gasteiger partial charge in [0.15, 0.2) is 0 Å². The van der Waals surface area contributed by atoms with Gasteiger partial charge in [-0.2, -0.15) is 0 Å². The minimum atomic E-state index is 1.00. The molecular formula is C7H14N2. The molecule has 0 saturated heterocycles. The first-order valence-electron chi connectivity index (χ1n) is 3.19. The van der Waals surface area contributed by atoms with Crippen molar-refractivity contribution in [2.75, 3.05) is 13.6 Å². The number of nitrogens with zero attached hydrogens (tertiary/aromatic N) is 1. The number of allylic oxidation sites excluding steroid dienone is 1. The van der Waals surface area contributed by atoms with E-state index in [0.717, 1.165) is 13.0 Å². The lowest BCUT2D eigenvalue weighted by molar-refractivity contribution is 0.830. The fraction of sp³-hybridized carbons (Fsp3) is 0.571. The van der Waals surface area contributed by atoms with E-state index >= 15 is 0 Å². The molecule has 0 heterocycles. The average Bonchev–Trinajstić information content (AvgIpc) is 1.89. The van der Waals surface area contributed by atoms with Crippen LogP contribution in [0.3, 0.4) is 0 Å². The molecule has 0 radical (unpaired) electrons. The molecule has 0 aliphatic carbocycles. The number of hydrogen-bond acceptors (Lipinski definition) is 2. The molecule has 1 N–H and O–H groups in total. The predicted octanol–water partition coefficient (Wildman–Crippen LogP) is 1.20. The average molecular weight is 126 g/mol. The second-order valence-electron chi connectivity index (χ2n) is 1.71. The lowest BCUT2D eigenvalue weighted by atomic mass is 10.5. The normalized spacial score (nSPS) is 11.8. The van der Waals surface area contributed by atoms with Crippen molar-refractivity contribution >= 4 is 6.21 Å². The molecule has 0 aliphatic heterocycles. The van der Waals surface area contributed by atoms with Crippen LogP contribution in [0.25, 0.3) is 0 Å². The summed E-state index contributed by atoms with van der Waals surface area (Å²) in [5.74, 6) is 0. The highest BCUT2D eigenvalue weighted by Gasteiger charge is 1.73. The number of aliphatic imine (C=N–C) groups is 1. The zero-order valence-corrected chi connectivity index (χ0v) is 6.09. The van der Waals surface area contributed by atoms with Crippen LogP contribution in [-0.4, -0.2) is 19.8 Å². The fourth-order valence-corrected chi connectivity index (χ4v) is 0.430. The Morgan fingerprint density at radius 3 is 2.89 bits per heavy atom. The Morgan fingerprint density at radius 1 is 1.56 bits per heavy atom. The SMILES string of the molecule is C/C=C\N=CCCNC. The van der Waals surface area contributed by atoms with Gasteiger partial charge in [0, 0.05) is 12.4 Å². The van der Waals surface area contributed by atoms with Crippen molar-refractivity contribution in [1.82, 2.24) is 5.32 Å². The summed E-state index contributed by atoms with van der Waals surface area (Å²) < 4.78 is 0. The first-order valence-corrected chi connectivity index (χ1v) is 3.19. The Bertz CT molecular complexity index is 95.1. The molecule has 0 aromatic heterocycles. The van der Waals surface area contributed by atoms with E-state index < -0.39 is 0 Å². The van der Waals surface area contributed by atoms with Crippen LogP contribution in [0.15, 0.2) is 17.3 Å². The van der Waals surface area contributed by atoms with Gasteiger partial charge in [0.05, 0.1) is 0 Å². The number of rotatable bonds is 4. The van der Waals surface area contributed by atoms with Gasteiger partial charge in [0.2, 0.25) is 0 Å². The topological polar surface area (TPSA) is 24.4 Å². The van der Waals surface area contributed by atoms with Gasteiger partial charge in [-0.1, -0.05) is 6.08 Å². The summed E-state index contributed by atoms with van der Waals surface area (Å²) in [6, 6.07) is 0. The van der Waals surface area contributed by atoms with Gasteiger partial charge < -0.3 is 5.32 Å². The third kappa shape index (κ3) is 7.37. The minimum Gasteiger partial charge on any atom is -0.319 e. The summed E-state index contributed by atoms with van der Waals surface area (Å²) in [7, 11) is 1.93. The van der Waals surface area contributed by atoms with E-state index in [2.05, 4.69) is 10.3 Å². The summed E-state index contributed by atoms with van der Waals surface area (Å²) in [4.78, 5) is 3.98. The zero-order valence-electron chi connectivity index (χ0n) is 6.09. The summed E-state index contributed by atoms with van der Waals surface area (Å²) in [5.41, 5.74) is 0. The van der Waals surface area contributed by atoms with Crippen LogP contribution < -0.4 is 5.32 Å². The van der Waals surface area contributed by atoms with E-state index in [1.54, 1.807) is 6.20 Å². The molecule has 52 valence electrons. The molecule has 0 amide bonds. The lowest BCUT2D eigenvalue weighted by Gasteiger charge is -1.87. The molecule has 0 bridgehead atoms. The van der Waals surface area contributed by atoms with Crippen molar-refractivity contribution in [1.29, 1.82) is 0 Å². The molecule has 0 rings (SSSR count). The molecule has 0 aromatic rings. The van der Waals surface area contributed by atoms with Gasteiger partial charge in [-0.3, -0.25) is 4.99 Å². The Hall–Kier alpha value is -0.630. The third-order valence-corrected chi connectivity index (χ3v) is 0.864.